The summed E-state index contributed by atoms with van der Waals surface area (Å²) in [7, 11) is 0. The summed E-state index contributed by atoms with van der Waals surface area (Å²) >= 11 is 2.06. The number of piperidine rings is 1. The summed E-state index contributed by atoms with van der Waals surface area (Å²) in [5, 5.41) is 3.45. The molecule has 0 aliphatic carbocycles. The molecule has 0 amide bonds. The first-order valence-electron chi connectivity index (χ1n) is 8.87. The Balaban J connectivity index is 1.57. The molecule has 21 heavy (non-hydrogen) atoms. The highest BCUT2D eigenvalue weighted by molar-refractivity contribution is 7.11. The van der Waals surface area contributed by atoms with Crippen molar-refractivity contribution in [3.8, 4) is 0 Å². The zero-order chi connectivity index (χ0) is 14.8. The number of hydrogen-bond acceptors (Lipinski definition) is 3. The molecule has 120 valence electrons. The second kappa shape index (κ2) is 10.4. The minimum absolute atomic E-state index is 0.856. The van der Waals surface area contributed by atoms with Crippen LogP contribution in [-0.2, 0) is 12.8 Å². The third kappa shape index (κ3) is 6.94. The first kappa shape index (κ1) is 17.0. The second-order valence-corrected chi connectivity index (χ2v) is 7.68. The third-order valence-corrected chi connectivity index (χ3v) is 5.71. The van der Waals surface area contributed by atoms with E-state index in [2.05, 4.69) is 28.8 Å². The van der Waals surface area contributed by atoms with E-state index >= 15 is 0 Å². The lowest BCUT2D eigenvalue weighted by molar-refractivity contribution is 0.374. The summed E-state index contributed by atoms with van der Waals surface area (Å²) in [6.45, 7) is 3.29. The van der Waals surface area contributed by atoms with Crippen LogP contribution in [-0.4, -0.2) is 19.6 Å². The number of rotatable bonds is 10. The van der Waals surface area contributed by atoms with Crippen molar-refractivity contribution in [3.63, 3.8) is 0 Å². The van der Waals surface area contributed by atoms with Crippen LogP contribution in [0.1, 0.15) is 61.1 Å². The molecule has 3 N–H and O–H groups in total. The Morgan fingerprint density at radius 2 is 1.62 bits per heavy atom. The van der Waals surface area contributed by atoms with Crippen molar-refractivity contribution in [3.05, 3.63) is 21.9 Å². The highest BCUT2D eigenvalue weighted by Gasteiger charge is 2.14. The predicted molar refractivity (Wildman–Crippen MR) is 94.1 cm³/mol. The fraction of sp³-hybridized carbons (Fsp3) is 0.778. The van der Waals surface area contributed by atoms with Gasteiger partial charge in [0.15, 0.2) is 0 Å². The highest BCUT2D eigenvalue weighted by atomic mass is 32.1. The van der Waals surface area contributed by atoms with E-state index in [1.54, 1.807) is 9.75 Å². The molecule has 0 bridgehead atoms. The van der Waals surface area contributed by atoms with Crippen molar-refractivity contribution in [1.29, 1.82) is 0 Å². The van der Waals surface area contributed by atoms with Gasteiger partial charge >= 0.3 is 0 Å². The predicted octanol–water partition coefficient (Wildman–Crippen LogP) is 4.13. The molecule has 2 heterocycles. The molecule has 1 aliphatic rings. The van der Waals surface area contributed by atoms with E-state index in [1.165, 1.54) is 77.3 Å². The summed E-state index contributed by atoms with van der Waals surface area (Å²) in [5.74, 6) is 0.917. The molecule has 0 unspecified atom stereocenters. The largest absolute Gasteiger partial charge is 0.330 e. The van der Waals surface area contributed by atoms with E-state index in [-0.39, 0.29) is 0 Å². The van der Waals surface area contributed by atoms with E-state index in [1.807, 2.05) is 0 Å². The Hall–Kier alpha value is -0.380. The summed E-state index contributed by atoms with van der Waals surface area (Å²) in [6.07, 6.45) is 13.3. The molecule has 1 aromatic rings. The molecule has 1 aromatic heterocycles. The third-order valence-electron chi connectivity index (χ3n) is 4.54. The maximum Gasteiger partial charge on any atom is 0.00509 e. The van der Waals surface area contributed by atoms with Crippen molar-refractivity contribution in [2.45, 2.75) is 64.2 Å². The SMILES string of the molecule is NCCCCCCCCc1ccc(CC2CCNCC2)s1. The molecule has 0 aromatic carbocycles. The maximum atomic E-state index is 5.51. The van der Waals surface area contributed by atoms with Crippen LogP contribution in [0.2, 0.25) is 0 Å². The van der Waals surface area contributed by atoms with Gasteiger partial charge in [-0.1, -0.05) is 25.7 Å². The van der Waals surface area contributed by atoms with Gasteiger partial charge in [-0.05, 0) is 76.2 Å². The molecule has 0 atom stereocenters. The Bertz CT molecular complexity index is 369. The van der Waals surface area contributed by atoms with Crippen LogP contribution < -0.4 is 11.1 Å². The summed E-state index contributed by atoms with van der Waals surface area (Å²) in [5.41, 5.74) is 5.51. The molecule has 1 aliphatic heterocycles. The van der Waals surface area contributed by atoms with E-state index in [0.717, 1.165) is 12.5 Å². The molecule has 0 spiro atoms. The Labute approximate surface area is 134 Å². The number of unbranched alkanes of at least 4 members (excludes halogenated alkanes) is 5. The minimum atomic E-state index is 0.856. The normalized spacial score (nSPS) is 16.4. The van der Waals surface area contributed by atoms with Gasteiger partial charge in [-0.15, -0.1) is 11.3 Å². The average molecular weight is 309 g/mol. The molecule has 1 saturated heterocycles. The van der Waals surface area contributed by atoms with Gasteiger partial charge in [0.2, 0.25) is 0 Å². The van der Waals surface area contributed by atoms with E-state index in [0.29, 0.717) is 0 Å². The number of nitrogens with one attached hydrogen (secondary N) is 1. The van der Waals surface area contributed by atoms with Crippen LogP contribution in [0, 0.1) is 5.92 Å². The van der Waals surface area contributed by atoms with Gasteiger partial charge in [-0.25, -0.2) is 0 Å². The van der Waals surface area contributed by atoms with Gasteiger partial charge in [0.25, 0.3) is 0 Å². The topological polar surface area (TPSA) is 38.0 Å². The summed E-state index contributed by atoms with van der Waals surface area (Å²) in [4.78, 5) is 3.21. The Kier molecular flexibility index (Phi) is 8.38. The van der Waals surface area contributed by atoms with Gasteiger partial charge in [0.05, 0.1) is 0 Å². The van der Waals surface area contributed by atoms with Crippen LogP contribution in [0.4, 0.5) is 0 Å². The molecule has 1 fully saturated rings. The molecule has 0 radical (unpaired) electrons. The van der Waals surface area contributed by atoms with Crippen molar-refractivity contribution in [2.75, 3.05) is 19.6 Å². The molecular formula is C18H32N2S. The lowest BCUT2D eigenvalue weighted by atomic mass is 9.94. The Morgan fingerprint density at radius 1 is 0.952 bits per heavy atom. The first-order chi connectivity index (χ1) is 10.4. The van der Waals surface area contributed by atoms with Gasteiger partial charge < -0.3 is 11.1 Å². The van der Waals surface area contributed by atoms with E-state index in [4.69, 9.17) is 5.73 Å². The molecule has 0 saturated carbocycles. The van der Waals surface area contributed by atoms with Gasteiger partial charge in [-0.3, -0.25) is 0 Å². The van der Waals surface area contributed by atoms with Crippen LogP contribution in [0.3, 0.4) is 0 Å². The number of nitrogens with two attached hydrogens (primary N) is 1. The summed E-state index contributed by atoms with van der Waals surface area (Å²) < 4.78 is 0. The molecule has 2 rings (SSSR count). The molecule has 2 nitrogen and oxygen atoms in total. The fourth-order valence-electron chi connectivity index (χ4n) is 3.19. The van der Waals surface area contributed by atoms with E-state index < -0.39 is 0 Å². The van der Waals surface area contributed by atoms with E-state index in [9.17, 15) is 0 Å². The van der Waals surface area contributed by atoms with Crippen LogP contribution >= 0.6 is 11.3 Å². The number of aryl methyl sites for hydroxylation is 1. The zero-order valence-corrected chi connectivity index (χ0v) is 14.2. The van der Waals surface area contributed by atoms with Crippen molar-refractivity contribution >= 4 is 11.3 Å². The van der Waals surface area contributed by atoms with Gasteiger partial charge in [0.1, 0.15) is 0 Å². The van der Waals surface area contributed by atoms with Crippen LogP contribution in [0.5, 0.6) is 0 Å². The highest BCUT2D eigenvalue weighted by Crippen LogP contribution is 2.25. The molecule has 3 heteroatoms. The average Bonchev–Trinajstić information content (AvgIpc) is 2.95. The number of thiophene rings is 1. The zero-order valence-electron chi connectivity index (χ0n) is 13.4. The van der Waals surface area contributed by atoms with Crippen molar-refractivity contribution in [2.24, 2.45) is 11.7 Å². The monoisotopic (exact) mass is 308 g/mol. The lowest BCUT2D eigenvalue weighted by Gasteiger charge is -2.21. The quantitative estimate of drug-likeness (QED) is 0.638. The van der Waals surface area contributed by atoms with Crippen molar-refractivity contribution in [1.82, 2.24) is 5.32 Å². The Morgan fingerprint density at radius 3 is 2.38 bits per heavy atom. The van der Waals surface area contributed by atoms with Crippen LogP contribution in [0.15, 0.2) is 12.1 Å². The van der Waals surface area contributed by atoms with Crippen LogP contribution in [0.25, 0.3) is 0 Å². The van der Waals surface area contributed by atoms with Crippen molar-refractivity contribution < 1.29 is 0 Å². The standard InChI is InChI=1S/C18H32N2S/c19-12-6-4-2-1-3-5-7-17-8-9-18(21-17)15-16-10-13-20-14-11-16/h8-9,16,20H,1-7,10-15,19H2. The second-order valence-electron chi connectivity index (χ2n) is 6.43. The fourth-order valence-corrected chi connectivity index (χ4v) is 4.36. The minimum Gasteiger partial charge on any atom is -0.330 e. The molecular weight excluding hydrogens is 276 g/mol. The number of hydrogen-bond donors (Lipinski definition) is 2. The van der Waals surface area contributed by atoms with Gasteiger partial charge in [-0.2, -0.15) is 0 Å². The maximum absolute atomic E-state index is 5.51. The van der Waals surface area contributed by atoms with Gasteiger partial charge in [0, 0.05) is 9.75 Å². The summed E-state index contributed by atoms with van der Waals surface area (Å²) in [6, 6.07) is 4.75. The smallest absolute Gasteiger partial charge is 0.00509 e. The lowest BCUT2D eigenvalue weighted by Crippen LogP contribution is -2.28. The first-order valence-corrected chi connectivity index (χ1v) is 9.68.